The van der Waals surface area contributed by atoms with Gasteiger partial charge in [0.2, 0.25) is 0 Å². The second-order valence-electron chi connectivity index (χ2n) is 6.25. The van der Waals surface area contributed by atoms with Crippen LogP contribution >= 0.6 is 11.6 Å². The quantitative estimate of drug-likeness (QED) is 0.804. The Hall–Kier alpha value is -2.31. The van der Waals surface area contributed by atoms with Crippen LogP contribution in [0.3, 0.4) is 0 Å². The number of carbonyl (C=O) groups is 2. The van der Waals surface area contributed by atoms with Gasteiger partial charge in [0.15, 0.2) is 5.76 Å². The first-order valence-electron chi connectivity index (χ1n) is 8.49. The number of ether oxygens (including phenoxy) is 1. The van der Waals surface area contributed by atoms with Gasteiger partial charge in [-0.2, -0.15) is 0 Å². The highest BCUT2D eigenvalue weighted by atomic mass is 35.5. The molecule has 1 fully saturated rings. The third kappa shape index (κ3) is 4.26. The first-order chi connectivity index (χ1) is 12.6. The van der Waals surface area contributed by atoms with Gasteiger partial charge in [0.25, 0.3) is 5.91 Å². The number of rotatable bonds is 6. The summed E-state index contributed by atoms with van der Waals surface area (Å²) in [5, 5.41) is 12.7. The van der Waals surface area contributed by atoms with E-state index in [-0.39, 0.29) is 18.2 Å². The molecule has 1 unspecified atom stereocenters. The van der Waals surface area contributed by atoms with Gasteiger partial charge in [0.1, 0.15) is 5.76 Å². The average Bonchev–Trinajstić information content (AvgIpc) is 3.13. The summed E-state index contributed by atoms with van der Waals surface area (Å²) in [5.41, 5.74) is 0.693. The Morgan fingerprint density at radius 1 is 1.19 bits per heavy atom. The molecule has 0 aliphatic carbocycles. The minimum absolute atomic E-state index is 0.00293. The molecule has 0 bridgehead atoms. The third-order valence-corrected chi connectivity index (χ3v) is 4.93. The molecule has 1 amide bonds. The number of furan rings is 1. The van der Waals surface area contributed by atoms with Crippen molar-refractivity contribution in [3.05, 3.63) is 47.2 Å². The number of hydrogen-bond donors (Lipinski definition) is 2. The number of aliphatic carboxylic acids is 1. The molecule has 1 aliphatic heterocycles. The molecule has 0 spiro atoms. The molecule has 138 valence electrons. The largest absolute Gasteiger partial charge is 0.481 e. The van der Waals surface area contributed by atoms with E-state index in [1.54, 1.807) is 24.3 Å². The molecule has 2 N–H and O–H groups in total. The molecule has 1 aliphatic rings. The SMILES string of the molecule is O=C(NCC(C(=O)O)C1CCOCC1)c1ccc(-c2ccccc2Cl)o1. The van der Waals surface area contributed by atoms with E-state index in [1.165, 1.54) is 0 Å². The van der Waals surface area contributed by atoms with Crippen molar-refractivity contribution in [1.29, 1.82) is 0 Å². The molecule has 0 radical (unpaired) electrons. The number of amides is 1. The summed E-state index contributed by atoms with van der Waals surface area (Å²) in [6.45, 7) is 1.17. The molecule has 26 heavy (non-hydrogen) atoms. The van der Waals surface area contributed by atoms with E-state index in [2.05, 4.69) is 5.32 Å². The molecule has 1 aromatic carbocycles. The van der Waals surface area contributed by atoms with Gasteiger partial charge < -0.3 is 19.6 Å². The summed E-state index contributed by atoms with van der Waals surface area (Å²) in [4.78, 5) is 23.9. The fraction of sp³-hybridized carbons (Fsp3) is 0.368. The van der Waals surface area contributed by atoms with E-state index < -0.39 is 17.8 Å². The van der Waals surface area contributed by atoms with Gasteiger partial charge in [-0.3, -0.25) is 9.59 Å². The monoisotopic (exact) mass is 377 g/mol. The van der Waals surface area contributed by atoms with Crippen LogP contribution in [0, 0.1) is 11.8 Å². The summed E-state index contributed by atoms with van der Waals surface area (Å²) in [5.74, 6) is -1.39. The van der Waals surface area contributed by atoms with E-state index in [1.807, 2.05) is 12.1 Å². The minimum atomic E-state index is -0.909. The van der Waals surface area contributed by atoms with E-state index in [4.69, 9.17) is 20.8 Å². The molecule has 1 aromatic heterocycles. The maximum atomic E-state index is 12.3. The van der Waals surface area contributed by atoms with Crippen molar-refractivity contribution in [3.8, 4) is 11.3 Å². The van der Waals surface area contributed by atoms with Crippen molar-refractivity contribution >= 4 is 23.5 Å². The molecule has 2 aromatic rings. The van der Waals surface area contributed by atoms with Gasteiger partial charge in [0, 0.05) is 25.3 Å². The van der Waals surface area contributed by atoms with E-state index in [9.17, 15) is 14.7 Å². The van der Waals surface area contributed by atoms with Gasteiger partial charge in [0.05, 0.1) is 10.9 Å². The standard InChI is InChI=1S/C19H20ClNO5/c20-15-4-2-1-3-13(15)16-5-6-17(26-16)18(22)21-11-14(19(23)24)12-7-9-25-10-8-12/h1-6,12,14H,7-11H2,(H,21,22)(H,23,24). The van der Waals surface area contributed by atoms with Crippen molar-refractivity contribution in [3.63, 3.8) is 0 Å². The first kappa shape index (κ1) is 18.5. The molecule has 1 saturated heterocycles. The number of hydrogen-bond acceptors (Lipinski definition) is 4. The lowest BCUT2D eigenvalue weighted by Gasteiger charge is -2.27. The maximum Gasteiger partial charge on any atom is 0.308 e. The van der Waals surface area contributed by atoms with E-state index in [0.29, 0.717) is 42.4 Å². The van der Waals surface area contributed by atoms with Crippen molar-refractivity contribution in [1.82, 2.24) is 5.32 Å². The van der Waals surface area contributed by atoms with Crippen LogP contribution in [0.4, 0.5) is 0 Å². The number of benzene rings is 1. The maximum absolute atomic E-state index is 12.3. The molecule has 2 heterocycles. The topological polar surface area (TPSA) is 88.8 Å². The number of nitrogens with one attached hydrogen (secondary N) is 1. The second kappa shape index (κ2) is 8.38. The van der Waals surface area contributed by atoms with Crippen LogP contribution in [0.1, 0.15) is 23.4 Å². The smallest absolute Gasteiger partial charge is 0.308 e. The van der Waals surface area contributed by atoms with Crippen LogP contribution in [0.25, 0.3) is 11.3 Å². The van der Waals surface area contributed by atoms with Crippen molar-refractivity contribution in [2.75, 3.05) is 19.8 Å². The fourth-order valence-electron chi connectivity index (χ4n) is 3.13. The van der Waals surface area contributed by atoms with Crippen LogP contribution in [0.2, 0.25) is 5.02 Å². The van der Waals surface area contributed by atoms with E-state index >= 15 is 0 Å². The van der Waals surface area contributed by atoms with Gasteiger partial charge >= 0.3 is 5.97 Å². The van der Waals surface area contributed by atoms with Crippen molar-refractivity contribution in [2.45, 2.75) is 12.8 Å². The van der Waals surface area contributed by atoms with Crippen LogP contribution in [-0.4, -0.2) is 36.7 Å². The van der Waals surface area contributed by atoms with Crippen LogP contribution in [0.5, 0.6) is 0 Å². The molecule has 0 saturated carbocycles. The van der Waals surface area contributed by atoms with Gasteiger partial charge in [-0.25, -0.2) is 0 Å². The Morgan fingerprint density at radius 2 is 1.92 bits per heavy atom. The van der Waals surface area contributed by atoms with Crippen LogP contribution in [0.15, 0.2) is 40.8 Å². The van der Waals surface area contributed by atoms with E-state index in [0.717, 1.165) is 0 Å². The molecular weight excluding hydrogens is 358 g/mol. The van der Waals surface area contributed by atoms with Crippen molar-refractivity contribution < 1.29 is 23.8 Å². The number of carboxylic acid groups (broad SMARTS) is 1. The molecule has 7 heteroatoms. The second-order valence-corrected chi connectivity index (χ2v) is 6.66. The predicted octanol–water partition coefficient (Wildman–Crippen LogP) is 3.46. The number of carbonyl (C=O) groups excluding carboxylic acids is 1. The highest BCUT2D eigenvalue weighted by Gasteiger charge is 2.30. The number of halogens is 1. The lowest BCUT2D eigenvalue weighted by Crippen LogP contribution is -2.38. The highest BCUT2D eigenvalue weighted by Crippen LogP contribution is 2.29. The predicted molar refractivity (Wildman–Crippen MR) is 96.2 cm³/mol. The first-order valence-corrected chi connectivity index (χ1v) is 8.87. The Balaban J connectivity index is 1.64. The van der Waals surface area contributed by atoms with Gasteiger partial charge in [-0.15, -0.1) is 0 Å². The Morgan fingerprint density at radius 3 is 2.62 bits per heavy atom. The highest BCUT2D eigenvalue weighted by molar-refractivity contribution is 6.33. The normalized spacial score (nSPS) is 16.2. The summed E-state index contributed by atoms with van der Waals surface area (Å²) >= 11 is 6.14. The molecular formula is C19H20ClNO5. The van der Waals surface area contributed by atoms with Crippen molar-refractivity contribution in [2.24, 2.45) is 11.8 Å². The lowest BCUT2D eigenvalue weighted by atomic mass is 9.86. The zero-order valence-corrected chi connectivity index (χ0v) is 14.9. The van der Waals surface area contributed by atoms with Gasteiger partial charge in [-0.1, -0.05) is 23.7 Å². The molecule has 1 atom stereocenters. The Bertz CT molecular complexity index is 782. The third-order valence-electron chi connectivity index (χ3n) is 4.60. The summed E-state index contributed by atoms with van der Waals surface area (Å²) in [6, 6.07) is 10.4. The Labute approximate surface area is 156 Å². The summed E-state index contributed by atoms with van der Waals surface area (Å²) < 4.78 is 10.9. The van der Waals surface area contributed by atoms with Crippen LogP contribution in [-0.2, 0) is 9.53 Å². The molecule has 3 rings (SSSR count). The fourth-order valence-corrected chi connectivity index (χ4v) is 3.36. The zero-order chi connectivity index (χ0) is 18.5. The van der Waals surface area contributed by atoms with Gasteiger partial charge in [-0.05, 0) is 43.0 Å². The minimum Gasteiger partial charge on any atom is -0.481 e. The average molecular weight is 378 g/mol. The van der Waals surface area contributed by atoms with Crippen LogP contribution < -0.4 is 5.32 Å². The lowest BCUT2D eigenvalue weighted by molar-refractivity contribution is -0.144. The summed E-state index contributed by atoms with van der Waals surface area (Å²) in [6.07, 6.45) is 1.37. The summed E-state index contributed by atoms with van der Waals surface area (Å²) in [7, 11) is 0. The Kier molecular flexibility index (Phi) is 5.96. The number of carboxylic acids is 1. The molecule has 6 nitrogen and oxygen atoms in total. The zero-order valence-electron chi connectivity index (χ0n) is 14.1.